The number of nitrogens with zero attached hydrogens (tertiary/aromatic N) is 1. The van der Waals surface area contributed by atoms with Gasteiger partial charge in [-0.3, -0.25) is 19.5 Å². The number of amides is 3. The summed E-state index contributed by atoms with van der Waals surface area (Å²) < 4.78 is 11.3. The van der Waals surface area contributed by atoms with Crippen LogP contribution in [0.25, 0.3) is 0 Å². The average molecular weight is 488 g/mol. The zero-order valence-electron chi connectivity index (χ0n) is 20.4. The number of ketones is 1. The molecule has 35 heavy (non-hydrogen) atoms. The Morgan fingerprint density at radius 3 is 2.34 bits per heavy atom. The molecule has 0 unspecified atom stereocenters. The number of alkyl carbamates (subject to hydrolysis) is 1. The molecule has 3 amide bonds. The van der Waals surface area contributed by atoms with Gasteiger partial charge < -0.3 is 25.8 Å². The third kappa shape index (κ3) is 8.76. The van der Waals surface area contributed by atoms with Gasteiger partial charge >= 0.3 is 6.09 Å². The van der Waals surface area contributed by atoms with Gasteiger partial charge in [-0.1, -0.05) is 40.5 Å². The van der Waals surface area contributed by atoms with Crippen molar-refractivity contribution in [3.05, 3.63) is 42.1 Å². The number of hydrogen-bond donors (Lipinski definition) is 4. The van der Waals surface area contributed by atoms with Crippen molar-refractivity contribution in [3.8, 4) is 5.75 Å². The van der Waals surface area contributed by atoms with Crippen LogP contribution in [-0.2, 0) is 14.3 Å². The number of nitrogens with one attached hydrogen (secondary N) is 3. The summed E-state index contributed by atoms with van der Waals surface area (Å²) in [6.07, 6.45) is 1.60. The Bertz CT molecular complexity index is 998. The van der Waals surface area contributed by atoms with Crippen LogP contribution in [0, 0.1) is 5.41 Å². The lowest BCUT2D eigenvalue weighted by Crippen LogP contribution is -2.48. The first kappa shape index (κ1) is 27.4. The highest BCUT2D eigenvalue weighted by Gasteiger charge is 2.32. The molecule has 1 aromatic carbocycles. The summed E-state index contributed by atoms with van der Waals surface area (Å²) in [7, 11) is 0. The zero-order chi connectivity index (χ0) is 26.0. The van der Waals surface area contributed by atoms with E-state index in [9.17, 15) is 19.2 Å². The summed E-state index contributed by atoms with van der Waals surface area (Å²) >= 11 is 0. The molecule has 0 saturated heterocycles. The number of H-pyrrole nitrogens is 1. The van der Waals surface area contributed by atoms with Crippen LogP contribution in [0.1, 0.15) is 57.3 Å². The van der Waals surface area contributed by atoms with Crippen molar-refractivity contribution in [2.75, 3.05) is 11.9 Å². The van der Waals surface area contributed by atoms with Gasteiger partial charge in [0.25, 0.3) is 5.91 Å². The highest BCUT2D eigenvalue weighted by atomic mass is 16.6. The first-order chi connectivity index (χ1) is 16.5. The highest BCUT2D eigenvalue weighted by Crippen LogP contribution is 2.24. The zero-order valence-corrected chi connectivity index (χ0v) is 20.4. The van der Waals surface area contributed by atoms with Crippen molar-refractivity contribution in [2.45, 2.75) is 59.1 Å². The Hall–Kier alpha value is -3.89. The van der Waals surface area contributed by atoms with E-state index in [0.29, 0.717) is 17.7 Å². The molecule has 0 bridgehead atoms. The van der Waals surface area contributed by atoms with Gasteiger partial charge in [0, 0.05) is 17.0 Å². The monoisotopic (exact) mass is 487 g/mol. The molecule has 0 aliphatic rings. The molecule has 2 atom stereocenters. The molecule has 1 aromatic heterocycles. The van der Waals surface area contributed by atoms with Crippen molar-refractivity contribution in [1.29, 1.82) is 0 Å². The Labute approximate surface area is 204 Å². The number of aromatic amines is 1. The van der Waals surface area contributed by atoms with E-state index in [1.54, 1.807) is 12.1 Å². The number of carbonyl (C=O) groups is 4. The van der Waals surface area contributed by atoms with Crippen molar-refractivity contribution in [2.24, 2.45) is 11.1 Å². The summed E-state index contributed by atoms with van der Waals surface area (Å²) in [5.74, 6) is -1.46. The van der Waals surface area contributed by atoms with Crippen LogP contribution < -0.4 is 21.1 Å². The van der Waals surface area contributed by atoms with E-state index in [0.717, 1.165) is 6.42 Å². The predicted molar refractivity (Wildman–Crippen MR) is 129 cm³/mol. The minimum Gasteiger partial charge on any atom is -0.490 e. The summed E-state index contributed by atoms with van der Waals surface area (Å²) in [5.41, 5.74) is 5.10. The number of Topliss-reactive ketones (excluding diaryl/α,β-unsaturated/α-hetero) is 1. The maximum absolute atomic E-state index is 12.7. The molecule has 2 aromatic rings. The number of ether oxygens (including phenoxy) is 2. The molecule has 190 valence electrons. The first-order valence-corrected chi connectivity index (χ1v) is 11.4. The molecule has 1 heterocycles. The van der Waals surface area contributed by atoms with Crippen LogP contribution in [0.5, 0.6) is 5.75 Å². The number of benzene rings is 1. The van der Waals surface area contributed by atoms with E-state index >= 15 is 0 Å². The molecule has 11 heteroatoms. The van der Waals surface area contributed by atoms with Gasteiger partial charge in [-0.15, -0.1) is 0 Å². The van der Waals surface area contributed by atoms with Gasteiger partial charge in [0.05, 0.1) is 6.20 Å². The van der Waals surface area contributed by atoms with E-state index in [-0.39, 0.29) is 18.8 Å². The SMILES string of the molecule is CCCC[C@H](NC(=O)O[C@H](COc1ccc(C(N)=O)cc1)C(C)(C)C)C(=O)C(=O)Nc1ccn[nH]1. The second kappa shape index (κ2) is 12.5. The highest BCUT2D eigenvalue weighted by molar-refractivity contribution is 6.42. The molecule has 0 spiro atoms. The number of aromatic nitrogens is 2. The molecule has 0 fully saturated rings. The third-order valence-corrected chi connectivity index (χ3v) is 5.18. The average Bonchev–Trinajstić information content (AvgIpc) is 3.31. The molecule has 11 nitrogen and oxygen atoms in total. The first-order valence-electron chi connectivity index (χ1n) is 11.4. The van der Waals surface area contributed by atoms with Crippen LogP contribution in [0.15, 0.2) is 36.5 Å². The maximum atomic E-state index is 12.7. The summed E-state index contributed by atoms with van der Waals surface area (Å²) in [5, 5.41) is 11.2. The predicted octanol–water partition coefficient (Wildman–Crippen LogP) is 2.79. The van der Waals surface area contributed by atoms with Crippen LogP contribution in [-0.4, -0.2) is 52.6 Å². The minimum absolute atomic E-state index is 0.0285. The molecule has 0 radical (unpaired) electrons. The van der Waals surface area contributed by atoms with Gasteiger partial charge in [0.15, 0.2) is 0 Å². The molecule has 2 rings (SSSR count). The number of carbonyl (C=O) groups excluding carboxylic acids is 4. The van der Waals surface area contributed by atoms with E-state index < -0.39 is 41.3 Å². The van der Waals surface area contributed by atoms with E-state index in [4.69, 9.17) is 15.2 Å². The second-order valence-electron chi connectivity index (χ2n) is 9.09. The fourth-order valence-electron chi connectivity index (χ4n) is 3.00. The summed E-state index contributed by atoms with van der Waals surface area (Å²) in [4.78, 5) is 49.0. The Morgan fingerprint density at radius 2 is 1.80 bits per heavy atom. The molecule has 0 aliphatic carbocycles. The Morgan fingerprint density at radius 1 is 1.11 bits per heavy atom. The molecule has 5 N–H and O–H groups in total. The number of unbranched alkanes of at least 4 members (excludes halogenated alkanes) is 1. The minimum atomic E-state index is -1.05. The van der Waals surface area contributed by atoms with Gasteiger partial charge in [-0.25, -0.2) is 4.79 Å². The van der Waals surface area contributed by atoms with Gasteiger partial charge in [0.1, 0.15) is 30.3 Å². The van der Waals surface area contributed by atoms with Crippen molar-refractivity contribution >= 4 is 29.5 Å². The normalized spacial score (nSPS) is 12.8. The largest absolute Gasteiger partial charge is 0.490 e. The van der Waals surface area contributed by atoms with Crippen molar-refractivity contribution in [1.82, 2.24) is 15.5 Å². The number of primary amides is 1. The maximum Gasteiger partial charge on any atom is 0.408 e. The van der Waals surface area contributed by atoms with Gasteiger partial charge in [-0.05, 0) is 30.7 Å². The topological polar surface area (TPSA) is 165 Å². The van der Waals surface area contributed by atoms with Crippen LogP contribution in [0.2, 0.25) is 0 Å². The number of rotatable bonds is 12. The fourth-order valence-corrected chi connectivity index (χ4v) is 3.00. The number of nitrogens with two attached hydrogens (primary N) is 1. The van der Waals surface area contributed by atoms with E-state index in [1.165, 1.54) is 24.4 Å². The number of hydrogen-bond acceptors (Lipinski definition) is 7. The van der Waals surface area contributed by atoms with Crippen LogP contribution >= 0.6 is 0 Å². The lowest BCUT2D eigenvalue weighted by atomic mass is 9.89. The quantitative estimate of drug-likeness (QED) is 0.334. The van der Waals surface area contributed by atoms with Gasteiger partial charge in [-0.2, -0.15) is 5.10 Å². The number of anilines is 1. The lowest BCUT2D eigenvalue weighted by molar-refractivity contribution is -0.136. The molecule has 0 saturated carbocycles. The Kier molecular flexibility index (Phi) is 9.80. The third-order valence-electron chi connectivity index (χ3n) is 5.18. The molecular weight excluding hydrogens is 454 g/mol. The van der Waals surface area contributed by atoms with Gasteiger partial charge in [0.2, 0.25) is 11.7 Å². The van der Waals surface area contributed by atoms with E-state index in [1.807, 2.05) is 27.7 Å². The summed E-state index contributed by atoms with van der Waals surface area (Å²) in [6.45, 7) is 7.60. The fraction of sp³-hybridized carbons (Fsp3) is 0.458. The second-order valence-corrected chi connectivity index (χ2v) is 9.09. The molecule has 0 aliphatic heterocycles. The smallest absolute Gasteiger partial charge is 0.408 e. The van der Waals surface area contributed by atoms with Crippen molar-refractivity contribution < 1.29 is 28.7 Å². The van der Waals surface area contributed by atoms with Crippen LogP contribution in [0.4, 0.5) is 10.6 Å². The van der Waals surface area contributed by atoms with Crippen LogP contribution in [0.3, 0.4) is 0 Å². The summed E-state index contributed by atoms with van der Waals surface area (Å²) in [6, 6.07) is 6.72. The Balaban J connectivity index is 2.02. The molecular formula is C24H33N5O6. The van der Waals surface area contributed by atoms with E-state index in [2.05, 4.69) is 20.8 Å². The standard InChI is InChI=1S/C24H33N5O6/c1-5-6-7-17(20(30)22(32)28-19-12-13-26-29-19)27-23(33)35-18(24(2,3)4)14-34-16-10-8-15(9-11-16)21(25)31/h8-13,17-18H,5-7,14H2,1-4H3,(H2,25,31)(H,27,33)(H2,26,28,29,32)/t17-,18+/m0/s1. The van der Waals surface area contributed by atoms with Crippen molar-refractivity contribution in [3.63, 3.8) is 0 Å². The lowest BCUT2D eigenvalue weighted by Gasteiger charge is -2.30.